The van der Waals surface area contributed by atoms with E-state index in [1.54, 1.807) is 14.2 Å². The molecule has 0 aliphatic heterocycles. The molecule has 0 aromatic heterocycles. The van der Waals surface area contributed by atoms with Crippen LogP contribution in [0, 0.1) is 0 Å². The molecule has 2 aromatic carbocycles. The van der Waals surface area contributed by atoms with Crippen LogP contribution in [-0.4, -0.2) is 38.6 Å². The van der Waals surface area contributed by atoms with E-state index in [-0.39, 0.29) is 11.9 Å². The fraction of sp³-hybridized carbons (Fsp3) is 0.350. The highest BCUT2D eigenvalue weighted by atomic mass is 16.5. The first kappa shape index (κ1) is 18.8. The van der Waals surface area contributed by atoms with E-state index < -0.39 is 0 Å². The number of nitrogens with one attached hydrogen (secondary N) is 1. The molecule has 134 valence electrons. The first-order chi connectivity index (χ1) is 12.0. The molecule has 1 amide bonds. The SMILES string of the molecule is COc1ccc(CN(C)CC(=O)N[C@@H](C)c2ccccc2)c(OC)c1. The molecule has 5 nitrogen and oxygen atoms in total. The third kappa shape index (κ3) is 5.50. The van der Waals surface area contributed by atoms with Gasteiger partial charge in [-0.3, -0.25) is 9.69 Å². The van der Waals surface area contributed by atoms with Crippen molar-refractivity contribution in [2.24, 2.45) is 0 Å². The second kappa shape index (κ2) is 9.08. The highest BCUT2D eigenvalue weighted by Crippen LogP contribution is 2.25. The van der Waals surface area contributed by atoms with Gasteiger partial charge in [-0.1, -0.05) is 36.4 Å². The summed E-state index contributed by atoms with van der Waals surface area (Å²) in [5.41, 5.74) is 2.10. The van der Waals surface area contributed by atoms with Gasteiger partial charge in [0.2, 0.25) is 5.91 Å². The number of amides is 1. The van der Waals surface area contributed by atoms with Crippen LogP contribution in [0.3, 0.4) is 0 Å². The van der Waals surface area contributed by atoms with Crippen molar-refractivity contribution in [2.75, 3.05) is 27.8 Å². The monoisotopic (exact) mass is 342 g/mol. The highest BCUT2D eigenvalue weighted by molar-refractivity contribution is 5.78. The van der Waals surface area contributed by atoms with Crippen molar-refractivity contribution in [3.63, 3.8) is 0 Å². The van der Waals surface area contributed by atoms with Crippen molar-refractivity contribution in [2.45, 2.75) is 19.5 Å². The van der Waals surface area contributed by atoms with Gasteiger partial charge in [0.25, 0.3) is 0 Å². The third-order valence-electron chi connectivity index (χ3n) is 4.03. The number of likely N-dealkylation sites (N-methyl/N-ethyl adjacent to an activating group) is 1. The molecule has 25 heavy (non-hydrogen) atoms. The number of hydrogen-bond acceptors (Lipinski definition) is 4. The Morgan fingerprint density at radius 3 is 2.48 bits per heavy atom. The first-order valence-corrected chi connectivity index (χ1v) is 8.27. The number of nitrogens with zero attached hydrogens (tertiary/aromatic N) is 1. The van der Waals surface area contributed by atoms with Gasteiger partial charge in [0.05, 0.1) is 26.8 Å². The Hall–Kier alpha value is -2.53. The van der Waals surface area contributed by atoms with Gasteiger partial charge in [-0.25, -0.2) is 0 Å². The Labute approximate surface area is 149 Å². The minimum atomic E-state index is -0.0161. The summed E-state index contributed by atoms with van der Waals surface area (Å²) in [6, 6.07) is 15.6. The molecule has 0 saturated carbocycles. The minimum Gasteiger partial charge on any atom is -0.497 e. The highest BCUT2D eigenvalue weighted by Gasteiger charge is 2.13. The minimum absolute atomic E-state index is 0.00803. The van der Waals surface area contributed by atoms with Crippen molar-refractivity contribution < 1.29 is 14.3 Å². The smallest absolute Gasteiger partial charge is 0.234 e. The molecule has 2 aromatic rings. The molecule has 1 atom stereocenters. The molecule has 0 aliphatic carbocycles. The zero-order valence-electron chi connectivity index (χ0n) is 15.3. The lowest BCUT2D eigenvalue weighted by atomic mass is 10.1. The van der Waals surface area contributed by atoms with Gasteiger partial charge >= 0.3 is 0 Å². The predicted octanol–water partition coefficient (Wildman–Crippen LogP) is 3.01. The molecule has 0 spiro atoms. The Morgan fingerprint density at radius 1 is 1.12 bits per heavy atom. The van der Waals surface area contributed by atoms with Crippen LogP contribution in [0.15, 0.2) is 48.5 Å². The number of carbonyl (C=O) groups excluding carboxylic acids is 1. The van der Waals surface area contributed by atoms with Crippen LogP contribution in [0.4, 0.5) is 0 Å². The lowest BCUT2D eigenvalue weighted by Gasteiger charge is -2.20. The van der Waals surface area contributed by atoms with E-state index in [0.717, 1.165) is 22.6 Å². The van der Waals surface area contributed by atoms with Crippen LogP contribution in [0.1, 0.15) is 24.1 Å². The maximum absolute atomic E-state index is 12.3. The van der Waals surface area contributed by atoms with Gasteiger partial charge in [-0.05, 0) is 25.6 Å². The maximum atomic E-state index is 12.3. The van der Waals surface area contributed by atoms with Gasteiger partial charge in [0.1, 0.15) is 11.5 Å². The van der Waals surface area contributed by atoms with Crippen LogP contribution in [0.2, 0.25) is 0 Å². The summed E-state index contributed by atoms with van der Waals surface area (Å²) in [6.07, 6.45) is 0. The quantitative estimate of drug-likeness (QED) is 0.801. The lowest BCUT2D eigenvalue weighted by Crippen LogP contribution is -2.36. The van der Waals surface area contributed by atoms with Crippen molar-refractivity contribution >= 4 is 5.91 Å². The molecule has 5 heteroatoms. The number of ether oxygens (including phenoxy) is 2. The first-order valence-electron chi connectivity index (χ1n) is 8.27. The number of hydrogen-bond donors (Lipinski definition) is 1. The van der Waals surface area contributed by atoms with Gasteiger partial charge in [-0.2, -0.15) is 0 Å². The summed E-state index contributed by atoms with van der Waals surface area (Å²) in [6.45, 7) is 2.91. The summed E-state index contributed by atoms with van der Waals surface area (Å²) >= 11 is 0. The predicted molar refractivity (Wildman–Crippen MR) is 98.9 cm³/mol. The molecule has 0 saturated heterocycles. The fourth-order valence-corrected chi connectivity index (χ4v) is 2.69. The summed E-state index contributed by atoms with van der Waals surface area (Å²) in [4.78, 5) is 14.2. The van der Waals surface area contributed by atoms with Crippen LogP contribution >= 0.6 is 0 Å². The van der Waals surface area contributed by atoms with Gasteiger partial charge in [0, 0.05) is 18.2 Å². The largest absolute Gasteiger partial charge is 0.497 e. The number of benzene rings is 2. The van der Waals surface area contributed by atoms with E-state index in [0.29, 0.717) is 13.1 Å². The standard InChI is InChI=1S/C20H26N2O3/c1-15(16-8-6-5-7-9-16)21-20(23)14-22(2)13-17-10-11-18(24-3)12-19(17)25-4/h5-12,15H,13-14H2,1-4H3,(H,21,23)/t15-/m0/s1. The normalized spacial score (nSPS) is 11.9. The molecule has 0 bridgehead atoms. The number of methoxy groups -OCH3 is 2. The molecule has 0 unspecified atom stereocenters. The van der Waals surface area contributed by atoms with E-state index >= 15 is 0 Å². The third-order valence-corrected chi connectivity index (χ3v) is 4.03. The van der Waals surface area contributed by atoms with E-state index in [1.807, 2.05) is 67.4 Å². The number of rotatable bonds is 8. The van der Waals surface area contributed by atoms with Crippen LogP contribution in [-0.2, 0) is 11.3 Å². The lowest BCUT2D eigenvalue weighted by molar-refractivity contribution is -0.122. The van der Waals surface area contributed by atoms with Crippen LogP contribution in [0.5, 0.6) is 11.5 Å². The molecule has 0 radical (unpaired) electrons. The zero-order valence-corrected chi connectivity index (χ0v) is 15.3. The van der Waals surface area contributed by atoms with Gasteiger partial charge in [-0.15, -0.1) is 0 Å². The molecular weight excluding hydrogens is 316 g/mol. The van der Waals surface area contributed by atoms with Crippen molar-refractivity contribution in [1.82, 2.24) is 10.2 Å². The summed E-state index contributed by atoms with van der Waals surface area (Å²) in [7, 11) is 5.17. The van der Waals surface area contributed by atoms with E-state index in [4.69, 9.17) is 9.47 Å². The maximum Gasteiger partial charge on any atom is 0.234 e. The van der Waals surface area contributed by atoms with Gasteiger partial charge in [0.15, 0.2) is 0 Å². The average Bonchev–Trinajstić information content (AvgIpc) is 2.62. The summed E-state index contributed by atoms with van der Waals surface area (Å²) in [5.74, 6) is 1.49. The second-order valence-electron chi connectivity index (χ2n) is 6.05. The molecule has 0 aliphatic rings. The van der Waals surface area contributed by atoms with Crippen molar-refractivity contribution in [3.8, 4) is 11.5 Å². The van der Waals surface area contributed by atoms with Crippen LogP contribution < -0.4 is 14.8 Å². The molecule has 0 fully saturated rings. The molecule has 2 rings (SSSR count). The van der Waals surface area contributed by atoms with Crippen LogP contribution in [0.25, 0.3) is 0 Å². The van der Waals surface area contributed by atoms with E-state index in [1.165, 1.54) is 0 Å². The zero-order chi connectivity index (χ0) is 18.2. The van der Waals surface area contributed by atoms with Crippen molar-refractivity contribution in [1.29, 1.82) is 0 Å². The summed E-state index contributed by atoms with van der Waals surface area (Å²) in [5, 5.41) is 3.03. The van der Waals surface area contributed by atoms with E-state index in [9.17, 15) is 4.79 Å². The summed E-state index contributed by atoms with van der Waals surface area (Å²) < 4.78 is 10.6. The Bertz CT molecular complexity index is 689. The molecule has 1 N–H and O–H groups in total. The Morgan fingerprint density at radius 2 is 1.84 bits per heavy atom. The van der Waals surface area contributed by atoms with Crippen molar-refractivity contribution in [3.05, 3.63) is 59.7 Å². The Kier molecular flexibility index (Phi) is 6.83. The van der Waals surface area contributed by atoms with E-state index in [2.05, 4.69) is 5.32 Å². The number of carbonyl (C=O) groups is 1. The topological polar surface area (TPSA) is 50.8 Å². The fourth-order valence-electron chi connectivity index (χ4n) is 2.69. The van der Waals surface area contributed by atoms with Gasteiger partial charge < -0.3 is 14.8 Å². The Balaban J connectivity index is 1.91. The molecule has 0 heterocycles. The average molecular weight is 342 g/mol. The second-order valence-corrected chi connectivity index (χ2v) is 6.05. The molecular formula is C20H26N2O3.